The first-order chi connectivity index (χ1) is 11.1. The lowest BCUT2D eigenvalue weighted by Crippen LogP contribution is -2.32. The largest absolute Gasteiger partial charge is 0.313 e. The number of rotatable bonds is 1. The van der Waals surface area contributed by atoms with Crippen LogP contribution in [0.1, 0.15) is 37.5 Å². The predicted octanol–water partition coefficient (Wildman–Crippen LogP) is 4.22. The van der Waals surface area contributed by atoms with Gasteiger partial charge in [-0.05, 0) is 25.5 Å². The molecule has 0 bridgehead atoms. The molecule has 3 nitrogen and oxygen atoms in total. The Bertz CT molecular complexity index is 734. The highest BCUT2D eigenvalue weighted by Gasteiger charge is 2.27. The van der Waals surface area contributed by atoms with Gasteiger partial charge < -0.3 is 4.90 Å². The first-order valence-corrected chi connectivity index (χ1v) is 8.10. The van der Waals surface area contributed by atoms with E-state index in [0.29, 0.717) is 0 Å². The SMILES string of the molecule is CC.Cc1ccccc1C1=NC(C)C(=O)N(C)c2ccccc21. The molecule has 3 heteroatoms. The summed E-state index contributed by atoms with van der Waals surface area (Å²) in [5.41, 5.74) is 5.06. The highest BCUT2D eigenvalue weighted by molar-refractivity contribution is 6.20. The van der Waals surface area contributed by atoms with Crippen LogP contribution in [0.4, 0.5) is 5.69 Å². The van der Waals surface area contributed by atoms with E-state index < -0.39 is 0 Å². The van der Waals surface area contributed by atoms with E-state index in [1.165, 1.54) is 0 Å². The third-order valence-corrected chi connectivity index (χ3v) is 3.93. The Labute approximate surface area is 138 Å². The lowest BCUT2D eigenvalue weighted by atomic mass is 9.97. The van der Waals surface area contributed by atoms with Crippen molar-refractivity contribution in [3.05, 3.63) is 65.2 Å². The van der Waals surface area contributed by atoms with E-state index in [9.17, 15) is 4.79 Å². The molecule has 0 saturated carbocycles. The van der Waals surface area contributed by atoms with Crippen molar-refractivity contribution in [2.24, 2.45) is 4.99 Å². The van der Waals surface area contributed by atoms with Gasteiger partial charge in [-0.3, -0.25) is 9.79 Å². The number of hydrogen-bond acceptors (Lipinski definition) is 2. The number of anilines is 1. The van der Waals surface area contributed by atoms with E-state index in [0.717, 1.165) is 28.1 Å². The minimum absolute atomic E-state index is 0.0195. The lowest BCUT2D eigenvalue weighted by Gasteiger charge is -2.19. The summed E-state index contributed by atoms with van der Waals surface area (Å²) < 4.78 is 0. The fourth-order valence-corrected chi connectivity index (χ4v) is 2.74. The number of aryl methyl sites for hydroxylation is 1. The van der Waals surface area contributed by atoms with Crippen LogP contribution < -0.4 is 4.90 Å². The van der Waals surface area contributed by atoms with E-state index in [-0.39, 0.29) is 11.9 Å². The van der Waals surface area contributed by atoms with Crippen LogP contribution in [0.2, 0.25) is 0 Å². The predicted molar refractivity (Wildman–Crippen MR) is 97.5 cm³/mol. The lowest BCUT2D eigenvalue weighted by molar-refractivity contribution is -0.119. The van der Waals surface area contributed by atoms with Gasteiger partial charge in [-0.1, -0.05) is 56.3 Å². The van der Waals surface area contributed by atoms with Crippen molar-refractivity contribution in [2.45, 2.75) is 33.7 Å². The molecule has 1 atom stereocenters. The number of nitrogens with zero attached hydrogens (tertiary/aromatic N) is 2. The summed E-state index contributed by atoms with van der Waals surface area (Å²) >= 11 is 0. The second-order valence-corrected chi connectivity index (χ2v) is 5.38. The maximum Gasteiger partial charge on any atom is 0.251 e. The number of carbonyl (C=O) groups excluding carboxylic acids is 1. The Morgan fingerprint density at radius 2 is 1.52 bits per heavy atom. The van der Waals surface area contributed by atoms with Gasteiger partial charge in [-0.15, -0.1) is 0 Å². The number of carbonyl (C=O) groups is 1. The normalized spacial score (nSPS) is 16.7. The number of benzodiazepines with no additional fused rings is 1. The summed E-state index contributed by atoms with van der Waals surface area (Å²) in [7, 11) is 1.81. The molecule has 0 radical (unpaired) electrons. The number of hydrogen-bond donors (Lipinski definition) is 0. The molecular formula is C20H24N2O. The zero-order valence-electron chi connectivity index (χ0n) is 14.5. The maximum atomic E-state index is 12.4. The molecule has 0 fully saturated rings. The second-order valence-electron chi connectivity index (χ2n) is 5.38. The van der Waals surface area contributed by atoms with Gasteiger partial charge in [0.1, 0.15) is 6.04 Å². The van der Waals surface area contributed by atoms with Gasteiger partial charge in [0.05, 0.1) is 11.4 Å². The summed E-state index contributed by atoms with van der Waals surface area (Å²) in [5, 5.41) is 0. The Morgan fingerprint density at radius 3 is 2.17 bits per heavy atom. The zero-order valence-corrected chi connectivity index (χ0v) is 14.5. The molecule has 0 N–H and O–H groups in total. The van der Waals surface area contributed by atoms with Crippen LogP contribution in [-0.4, -0.2) is 24.7 Å². The van der Waals surface area contributed by atoms with Crippen LogP contribution in [0.3, 0.4) is 0 Å². The van der Waals surface area contributed by atoms with Gasteiger partial charge in [-0.25, -0.2) is 0 Å². The topological polar surface area (TPSA) is 32.7 Å². The number of likely N-dealkylation sites (N-methyl/N-ethyl adjacent to an activating group) is 1. The Balaban J connectivity index is 0.000000924. The summed E-state index contributed by atoms with van der Waals surface area (Å²) in [6, 6.07) is 15.7. The van der Waals surface area contributed by atoms with Crippen molar-refractivity contribution >= 4 is 17.3 Å². The van der Waals surface area contributed by atoms with Gasteiger partial charge in [0, 0.05) is 18.2 Å². The van der Waals surface area contributed by atoms with E-state index in [4.69, 9.17) is 4.99 Å². The highest BCUT2D eigenvalue weighted by atomic mass is 16.2. The Kier molecular flexibility index (Phi) is 5.32. The fourth-order valence-electron chi connectivity index (χ4n) is 2.74. The van der Waals surface area contributed by atoms with Gasteiger partial charge in [0.25, 0.3) is 5.91 Å². The highest BCUT2D eigenvalue weighted by Crippen LogP contribution is 2.28. The Morgan fingerprint density at radius 1 is 0.957 bits per heavy atom. The van der Waals surface area contributed by atoms with E-state index in [1.54, 1.807) is 4.90 Å². The maximum absolute atomic E-state index is 12.4. The molecule has 1 aliphatic heterocycles. The van der Waals surface area contributed by atoms with Crippen LogP contribution >= 0.6 is 0 Å². The molecule has 2 aromatic rings. The van der Waals surface area contributed by atoms with Crippen molar-refractivity contribution in [1.29, 1.82) is 0 Å². The molecule has 2 aromatic carbocycles. The first kappa shape index (κ1) is 16.9. The molecule has 1 aliphatic rings. The van der Waals surface area contributed by atoms with Crippen molar-refractivity contribution in [2.75, 3.05) is 11.9 Å². The number of amides is 1. The molecule has 1 unspecified atom stereocenters. The molecular weight excluding hydrogens is 284 g/mol. The average molecular weight is 308 g/mol. The molecule has 120 valence electrons. The fraction of sp³-hybridized carbons (Fsp3) is 0.300. The van der Waals surface area contributed by atoms with Crippen molar-refractivity contribution in [1.82, 2.24) is 0 Å². The minimum Gasteiger partial charge on any atom is -0.313 e. The molecule has 0 aromatic heterocycles. The van der Waals surface area contributed by atoms with Crippen LogP contribution in [0.25, 0.3) is 0 Å². The third kappa shape index (κ3) is 3.19. The summed E-state index contributed by atoms with van der Waals surface area (Å²) in [6.07, 6.45) is 0. The molecule has 0 aliphatic carbocycles. The van der Waals surface area contributed by atoms with Crippen LogP contribution in [-0.2, 0) is 4.79 Å². The third-order valence-electron chi connectivity index (χ3n) is 3.93. The average Bonchev–Trinajstić information content (AvgIpc) is 2.69. The summed E-state index contributed by atoms with van der Waals surface area (Å²) in [4.78, 5) is 18.8. The van der Waals surface area contributed by atoms with E-state index >= 15 is 0 Å². The van der Waals surface area contributed by atoms with Gasteiger partial charge in [0.2, 0.25) is 0 Å². The monoisotopic (exact) mass is 308 g/mol. The second kappa shape index (κ2) is 7.23. The quantitative estimate of drug-likeness (QED) is 0.776. The van der Waals surface area contributed by atoms with Crippen molar-refractivity contribution < 1.29 is 4.79 Å². The van der Waals surface area contributed by atoms with E-state index in [2.05, 4.69) is 19.1 Å². The van der Waals surface area contributed by atoms with E-state index in [1.807, 2.05) is 64.2 Å². The van der Waals surface area contributed by atoms with Crippen LogP contribution in [0.5, 0.6) is 0 Å². The smallest absolute Gasteiger partial charge is 0.251 e. The number of fused-ring (bicyclic) bond motifs is 1. The molecule has 1 amide bonds. The van der Waals surface area contributed by atoms with Crippen molar-refractivity contribution in [3.8, 4) is 0 Å². The number of para-hydroxylation sites is 1. The first-order valence-electron chi connectivity index (χ1n) is 8.10. The molecule has 23 heavy (non-hydrogen) atoms. The standard InChI is InChI=1S/C18H18N2O.C2H6/c1-12-8-4-5-9-14(12)17-15-10-6-7-11-16(15)20(3)18(21)13(2)19-17;1-2/h4-11,13H,1-3H3;1-2H3. The number of benzene rings is 2. The molecule has 1 heterocycles. The van der Waals surface area contributed by atoms with Gasteiger partial charge in [0.15, 0.2) is 0 Å². The number of aliphatic imine (C=N–C) groups is 1. The van der Waals surface area contributed by atoms with Crippen LogP contribution in [0, 0.1) is 6.92 Å². The van der Waals surface area contributed by atoms with Gasteiger partial charge in [-0.2, -0.15) is 0 Å². The minimum atomic E-state index is -0.378. The van der Waals surface area contributed by atoms with Crippen LogP contribution in [0.15, 0.2) is 53.5 Å². The molecule has 0 spiro atoms. The zero-order chi connectivity index (χ0) is 17.0. The molecule has 3 rings (SSSR count). The van der Waals surface area contributed by atoms with Gasteiger partial charge >= 0.3 is 0 Å². The summed E-state index contributed by atoms with van der Waals surface area (Å²) in [5.74, 6) is 0.0195. The Hall–Kier alpha value is -2.42. The summed E-state index contributed by atoms with van der Waals surface area (Å²) in [6.45, 7) is 7.92. The van der Waals surface area contributed by atoms with Crippen molar-refractivity contribution in [3.63, 3.8) is 0 Å². The molecule has 0 saturated heterocycles.